The third-order valence-corrected chi connectivity index (χ3v) is 7.50. The van der Waals surface area contributed by atoms with Crippen LogP contribution in [0.5, 0.6) is 0 Å². The van der Waals surface area contributed by atoms with Crippen molar-refractivity contribution in [1.29, 1.82) is 0 Å². The molecule has 0 atom stereocenters. The lowest BCUT2D eigenvalue weighted by atomic mass is 9.82. The number of piperazine rings is 1. The van der Waals surface area contributed by atoms with E-state index in [1.165, 1.54) is 16.4 Å². The molecule has 0 unspecified atom stereocenters. The summed E-state index contributed by atoms with van der Waals surface area (Å²) in [6, 6.07) is 13.6. The second-order valence-electron chi connectivity index (χ2n) is 7.63. The molecule has 0 spiro atoms. The standard InChI is InChI=1S/C21H27FN2O2S/c1-4-21(2,3)17-5-11-20(12-6-17)27(25,26)24-15-13-23(14-16-24)19-9-7-18(22)8-10-19/h5-12H,4,13-16H2,1-3H3. The summed E-state index contributed by atoms with van der Waals surface area (Å²) in [6.45, 7) is 8.46. The van der Waals surface area contributed by atoms with Crippen LogP contribution in [-0.2, 0) is 15.4 Å². The summed E-state index contributed by atoms with van der Waals surface area (Å²) < 4.78 is 40.5. The highest BCUT2D eigenvalue weighted by atomic mass is 32.2. The van der Waals surface area contributed by atoms with Crippen molar-refractivity contribution in [2.45, 2.75) is 37.5 Å². The molecular formula is C21H27FN2O2S. The summed E-state index contributed by atoms with van der Waals surface area (Å²) in [5.41, 5.74) is 2.09. The van der Waals surface area contributed by atoms with Crippen LogP contribution in [0.25, 0.3) is 0 Å². The maximum Gasteiger partial charge on any atom is 0.243 e. The molecule has 1 aliphatic heterocycles. The molecule has 0 bridgehead atoms. The molecule has 0 N–H and O–H groups in total. The number of sulfonamides is 1. The molecule has 2 aromatic carbocycles. The van der Waals surface area contributed by atoms with E-state index in [4.69, 9.17) is 0 Å². The summed E-state index contributed by atoms with van der Waals surface area (Å²) in [7, 11) is -3.50. The minimum absolute atomic E-state index is 0.0308. The lowest BCUT2D eigenvalue weighted by Gasteiger charge is -2.35. The molecule has 1 fully saturated rings. The number of anilines is 1. The highest BCUT2D eigenvalue weighted by Gasteiger charge is 2.29. The minimum atomic E-state index is -3.50. The number of hydrogen-bond acceptors (Lipinski definition) is 3. The maximum atomic E-state index is 13.1. The molecule has 4 nitrogen and oxygen atoms in total. The smallest absolute Gasteiger partial charge is 0.243 e. The van der Waals surface area contributed by atoms with E-state index in [1.807, 2.05) is 12.1 Å². The van der Waals surface area contributed by atoms with Crippen LogP contribution in [0, 0.1) is 5.82 Å². The summed E-state index contributed by atoms with van der Waals surface area (Å²) in [6.07, 6.45) is 0.991. The molecule has 3 rings (SSSR count). The van der Waals surface area contributed by atoms with Crippen LogP contribution >= 0.6 is 0 Å². The Bertz CT molecular complexity index is 869. The van der Waals surface area contributed by atoms with Crippen LogP contribution in [0.15, 0.2) is 53.4 Å². The van der Waals surface area contributed by atoms with E-state index < -0.39 is 10.0 Å². The number of halogens is 1. The molecule has 1 saturated heterocycles. The summed E-state index contributed by atoms with van der Waals surface area (Å²) in [5.74, 6) is -0.269. The van der Waals surface area contributed by atoms with Gasteiger partial charge in [0.2, 0.25) is 10.0 Å². The fraction of sp³-hybridized carbons (Fsp3) is 0.429. The Kier molecular flexibility index (Phi) is 5.58. The number of nitrogens with zero attached hydrogens (tertiary/aromatic N) is 2. The van der Waals surface area contributed by atoms with Crippen LogP contribution in [0.4, 0.5) is 10.1 Å². The first-order valence-electron chi connectivity index (χ1n) is 9.35. The molecule has 6 heteroatoms. The molecule has 1 heterocycles. The van der Waals surface area contributed by atoms with Gasteiger partial charge in [0.1, 0.15) is 5.82 Å². The number of hydrogen-bond donors (Lipinski definition) is 0. The van der Waals surface area contributed by atoms with E-state index in [2.05, 4.69) is 25.7 Å². The fourth-order valence-electron chi connectivity index (χ4n) is 3.27. The van der Waals surface area contributed by atoms with Crippen LogP contribution < -0.4 is 4.90 Å². The van der Waals surface area contributed by atoms with Gasteiger partial charge in [-0.25, -0.2) is 12.8 Å². The third-order valence-electron chi connectivity index (χ3n) is 5.59. The third kappa shape index (κ3) is 4.17. The van der Waals surface area contributed by atoms with E-state index in [9.17, 15) is 12.8 Å². The van der Waals surface area contributed by atoms with Crippen molar-refractivity contribution in [1.82, 2.24) is 4.31 Å². The first-order chi connectivity index (χ1) is 12.7. The lowest BCUT2D eigenvalue weighted by Crippen LogP contribution is -2.48. The van der Waals surface area contributed by atoms with Crippen molar-refractivity contribution in [3.8, 4) is 0 Å². The molecule has 146 valence electrons. The van der Waals surface area contributed by atoms with Crippen molar-refractivity contribution < 1.29 is 12.8 Å². The Hall–Kier alpha value is -1.92. The van der Waals surface area contributed by atoms with Gasteiger partial charge in [0.25, 0.3) is 0 Å². The summed E-state index contributed by atoms with van der Waals surface area (Å²) in [4.78, 5) is 2.42. The van der Waals surface area contributed by atoms with E-state index in [0.29, 0.717) is 31.1 Å². The van der Waals surface area contributed by atoms with E-state index in [-0.39, 0.29) is 11.2 Å². The molecule has 0 saturated carbocycles. The van der Waals surface area contributed by atoms with Gasteiger partial charge in [0.15, 0.2) is 0 Å². The molecule has 27 heavy (non-hydrogen) atoms. The van der Waals surface area contributed by atoms with Crippen molar-refractivity contribution in [3.05, 3.63) is 59.9 Å². The predicted octanol–water partition coefficient (Wildman–Crippen LogP) is 4.02. The van der Waals surface area contributed by atoms with Gasteiger partial charge in [-0.05, 0) is 53.8 Å². The van der Waals surface area contributed by atoms with Gasteiger partial charge in [0, 0.05) is 31.9 Å². The summed E-state index contributed by atoms with van der Waals surface area (Å²) in [5, 5.41) is 0. The van der Waals surface area contributed by atoms with Crippen LogP contribution in [0.2, 0.25) is 0 Å². The largest absolute Gasteiger partial charge is 0.369 e. The van der Waals surface area contributed by atoms with Gasteiger partial charge in [-0.1, -0.05) is 32.9 Å². The Morgan fingerprint density at radius 3 is 2.00 bits per heavy atom. The van der Waals surface area contributed by atoms with Gasteiger partial charge in [-0.2, -0.15) is 4.31 Å². The molecular weight excluding hydrogens is 363 g/mol. The Labute approximate surface area is 161 Å². The van der Waals surface area contributed by atoms with Gasteiger partial charge >= 0.3 is 0 Å². The zero-order valence-electron chi connectivity index (χ0n) is 16.2. The van der Waals surface area contributed by atoms with E-state index in [0.717, 1.165) is 17.7 Å². The van der Waals surface area contributed by atoms with E-state index in [1.54, 1.807) is 24.3 Å². The van der Waals surface area contributed by atoms with Gasteiger partial charge < -0.3 is 4.90 Å². The quantitative estimate of drug-likeness (QED) is 0.774. The Balaban J connectivity index is 1.70. The fourth-order valence-corrected chi connectivity index (χ4v) is 4.69. The maximum absolute atomic E-state index is 13.1. The molecule has 1 aliphatic rings. The van der Waals surface area contributed by atoms with Crippen molar-refractivity contribution >= 4 is 15.7 Å². The Morgan fingerprint density at radius 1 is 0.926 bits per heavy atom. The topological polar surface area (TPSA) is 40.6 Å². The van der Waals surface area contributed by atoms with Crippen LogP contribution in [0.3, 0.4) is 0 Å². The normalized spacial score (nSPS) is 16.5. The SMILES string of the molecule is CCC(C)(C)c1ccc(S(=O)(=O)N2CCN(c3ccc(F)cc3)CC2)cc1. The van der Waals surface area contributed by atoms with Crippen LogP contribution in [0.1, 0.15) is 32.8 Å². The van der Waals surface area contributed by atoms with Crippen molar-refractivity contribution in [3.63, 3.8) is 0 Å². The molecule has 0 aliphatic carbocycles. The second kappa shape index (κ2) is 7.60. The molecule has 2 aromatic rings. The molecule has 0 amide bonds. The zero-order chi connectivity index (χ0) is 19.7. The first kappa shape index (κ1) is 19.8. The monoisotopic (exact) mass is 390 g/mol. The first-order valence-corrected chi connectivity index (χ1v) is 10.8. The number of rotatable bonds is 5. The van der Waals surface area contributed by atoms with Gasteiger partial charge in [0.05, 0.1) is 4.90 Å². The zero-order valence-corrected chi connectivity index (χ0v) is 17.0. The number of benzene rings is 2. The van der Waals surface area contributed by atoms with Crippen LogP contribution in [-0.4, -0.2) is 38.9 Å². The van der Waals surface area contributed by atoms with E-state index >= 15 is 0 Å². The Morgan fingerprint density at radius 2 is 1.48 bits per heavy atom. The van der Waals surface area contributed by atoms with Crippen molar-refractivity contribution in [2.24, 2.45) is 0 Å². The highest BCUT2D eigenvalue weighted by Crippen LogP contribution is 2.28. The summed E-state index contributed by atoms with van der Waals surface area (Å²) >= 11 is 0. The second-order valence-corrected chi connectivity index (χ2v) is 9.57. The van der Waals surface area contributed by atoms with Gasteiger partial charge in [-0.15, -0.1) is 0 Å². The van der Waals surface area contributed by atoms with Crippen molar-refractivity contribution in [2.75, 3.05) is 31.1 Å². The lowest BCUT2D eigenvalue weighted by molar-refractivity contribution is 0.385. The molecule has 0 aromatic heterocycles. The molecule has 0 radical (unpaired) electrons. The average Bonchev–Trinajstić information content (AvgIpc) is 2.69. The van der Waals surface area contributed by atoms with Gasteiger partial charge in [-0.3, -0.25) is 0 Å². The average molecular weight is 391 g/mol. The highest BCUT2D eigenvalue weighted by molar-refractivity contribution is 7.89. The predicted molar refractivity (Wildman–Crippen MR) is 107 cm³/mol. The minimum Gasteiger partial charge on any atom is -0.369 e.